The summed E-state index contributed by atoms with van der Waals surface area (Å²) in [6.45, 7) is 14.9. The van der Waals surface area contributed by atoms with Crippen LogP contribution in [-0.4, -0.2) is 6.71 Å². The maximum absolute atomic E-state index is 2.64. The number of para-hydroxylation sites is 3. The Balaban J connectivity index is 1.16. The molecular weight excluding hydrogens is 671 g/mol. The van der Waals surface area contributed by atoms with Gasteiger partial charge in [0, 0.05) is 43.5 Å². The second kappa shape index (κ2) is 11.8. The fourth-order valence-electron chi connectivity index (χ4n) is 10.3. The van der Waals surface area contributed by atoms with Crippen LogP contribution in [0.25, 0.3) is 10.4 Å². The minimum atomic E-state index is -0.131. The van der Waals surface area contributed by atoms with Gasteiger partial charge in [0.15, 0.2) is 0 Å². The van der Waals surface area contributed by atoms with Crippen LogP contribution in [0.15, 0.2) is 152 Å². The molecule has 2 nitrogen and oxygen atoms in total. The summed E-state index contributed by atoms with van der Waals surface area (Å²) in [4.78, 5) is 6.16. The number of thiophene rings is 1. The zero-order valence-electron chi connectivity index (χ0n) is 32.0. The first-order chi connectivity index (χ1) is 26.0. The topological polar surface area (TPSA) is 6.48 Å². The molecule has 10 rings (SSSR count). The average molecular weight is 717 g/mol. The van der Waals surface area contributed by atoms with Crippen LogP contribution in [0.4, 0.5) is 34.1 Å². The van der Waals surface area contributed by atoms with Gasteiger partial charge in [0.25, 0.3) is 6.71 Å². The Bertz CT molecular complexity index is 2510. The lowest BCUT2D eigenvalue weighted by molar-refractivity contribution is 0.403. The van der Waals surface area contributed by atoms with Gasteiger partial charge in [-0.05, 0) is 111 Å². The van der Waals surface area contributed by atoms with Gasteiger partial charge in [-0.25, -0.2) is 0 Å². The molecule has 0 bridgehead atoms. The Morgan fingerprint density at radius 1 is 0.537 bits per heavy atom. The van der Waals surface area contributed by atoms with Crippen LogP contribution in [0.1, 0.15) is 70.2 Å². The van der Waals surface area contributed by atoms with E-state index < -0.39 is 0 Å². The molecule has 3 heterocycles. The van der Waals surface area contributed by atoms with E-state index in [0.717, 1.165) is 17.1 Å². The minimum absolute atomic E-state index is 0.126. The van der Waals surface area contributed by atoms with Gasteiger partial charge in [0.1, 0.15) is 0 Å². The lowest BCUT2D eigenvalue weighted by Gasteiger charge is -2.45. The third-order valence-corrected chi connectivity index (χ3v) is 13.7. The maximum atomic E-state index is 2.64. The highest BCUT2D eigenvalue weighted by Crippen LogP contribution is 2.52. The van der Waals surface area contributed by atoms with E-state index in [-0.39, 0.29) is 23.0 Å². The van der Waals surface area contributed by atoms with Gasteiger partial charge in [-0.2, -0.15) is 0 Å². The highest BCUT2D eigenvalue weighted by atomic mass is 32.1. The van der Waals surface area contributed by atoms with E-state index in [4.69, 9.17) is 0 Å². The van der Waals surface area contributed by atoms with Crippen molar-refractivity contribution >= 4 is 67.9 Å². The van der Waals surface area contributed by atoms with E-state index in [1.165, 1.54) is 71.9 Å². The van der Waals surface area contributed by atoms with Gasteiger partial charge >= 0.3 is 0 Å². The first kappa shape index (κ1) is 33.3. The Hall–Kier alpha value is -5.32. The van der Waals surface area contributed by atoms with Crippen LogP contribution in [0, 0.1) is 0 Å². The number of nitrogens with zero attached hydrogens (tertiary/aromatic N) is 2. The van der Waals surface area contributed by atoms with E-state index in [9.17, 15) is 0 Å². The lowest BCUT2D eigenvalue weighted by atomic mass is 9.32. The molecule has 0 spiro atoms. The molecule has 0 radical (unpaired) electrons. The Kier molecular flexibility index (Phi) is 7.30. The van der Waals surface area contributed by atoms with Crippen LogP contribution in [0.2, 0.25) is 0 Å². The van der Waals surface area contributed by atoms with Crippen LogP contribution < -0.4 is 25.5 Å². The fraction of sp³-hybridized carbons (Fsp3) is 0.200. The van der Waals surface area contributed by atoms with Crippen LogP contribution in [0.3, 0.4) is 0 Å². The number of rotatable bonds is 5. The molecule has 2 aliphatic heterocycles. The smallest absolute Gasteiger partial charge is 0.260 e. The Labute approximate surface area is 324 Å². The van der Waals surface area contributed by atoms with Crippen molar-refractivity contribution in [2.45, 2.75) is 64.2 Å². The van der Waals surface area contributed by atoms with Crippen molar-refractivity contribution in [1.82, 2.24) is 0 Å². The second-order valence-corrected chi connectivity index (χ2v) is 18.4. The SMILES string of the molecule is CC1(C)CC(C)(C)c2cc3c(cc21)B1c2sc(-c4ccc(N(c5ccccc5)c5ccccc5)cc4)cc2N(c2ccccc2)c2cccc(c21)C3(C)C. The molecular formula is C50H45BN2S. The Morgan fingerprint density at radius 2 is 1.11 bits per heavy atom. The molecule has 264 valence electrons. The van der Waals surface area contributed by atoms with Crippen LogP contribution in [-0.2, 0) is 16.2 Å². The number of benzene rings is 6. The van der Waals surface area contributed by atoms with Crippen molar-refractivity contribution < 1.29 is 0 Å². The quantitative estimate of drug-likeness (QED) is 0.164. The van der Waals surface area contributed by atoms with Crippen LogP contribution in [0.5, 0.6) is 0 Å². The standard InChI is InChI=1S/C50H45BN2S/c1-48(2)32-49(3,4)40-30-42-41(29-39(40)48)50(5,6)38-23-16-24-43-46(38)51(42)47-44(53(43)36-21-14-9-15-22-36)31-45(54-47)33-25-27-37(28-26-33)52(34-17-10-7-11-18-34)35-19-12-8-13-20-35/h7-31H,32H2,1-6H3. The number of hydrogen-bond acceptors (Lipinski definition) is 3. The van der Waals surface area contributed by atoms with Gasteiger partial charge in [-0.1, -0.05) is 138 Å². The summed E-state index contributed by atoms with van der Waals surface area (Å²) < 4.78 is 1.43. The van der Waals surface area contributed by atoms with Crippen molar-refractivity contribution in [3.05, 3.63) is 174 Å². The molecule has 4 heteroatoms. The summed E-state index contributed by atoms with van der Waals surface area (Å²) in [5.41, 5.74) is 17.6. The minimum Gasteiger partial charge on any atom is -0.311 e. The van der Waals surface area contributed by atoms with E-state index in [1.54, 1.807) is 0 Å². The van der Waals surface area contributed by atoms with E-state index >= 15 is 0 Å². The highest BCUT2D eigenvalue weighted by molar-refractivity contribution is 7.31. The molecule has 3 aliphatic rings. The van der Waals surface area contributed by atoms with E-state index in [0.29, 0.717) is 0 Å². The van der Waals surface area contributed by atoms with E-state index in [1.807, 2.05) is 11.3 Å². The number of hydrogen-bond donors (Lipinski definition) is 0. The molecule has 7 aromatic rings. The monoisotopic (exact) mass is 716 g/mol. The zero-order chi connectivity index (χ0) is 37.0. The largest absolute Gasteiger partial charge is 0.311 e. The third-order valence-electron chi connectivity index (χ3n) is 12.5. The van der Waals surface area contributed by atoms with Crippen LogP contribution >= 0.6 is 11.3 Å². The molecule has 0 amide bonds. The molecule has 6 aromatic carbocycles. The molecule has 0 atom stereocenters. The van der Waals surface area contributed by atoms with Gasteiger partial charge in [-0.3, -0.25) is 0 Å². The summed E-state index contributed by atoms with van der Waals surface area (Å²) in [6, 6.07) is 56.2. The molecule has 54 heavy (non-hydrogen) atoms. The van der Waals surface area contributed by atoms with Crippen molar-refractivity contribution in [3.8, 4) is 10.4 Å². The van der Waals surface area contributed by atoms with Crippen molar-refractivity contribution in [2.75, 3.05) is 9.80 Å². The van der Waals surface area contributed by atoms with Gasteiger partial charge in [0.2, 0.25) is 0 Å². The first-order valence-corrected chi connectivity index (χ1v) is 20.2. The normalized spacial score (nSPS) is 16.6. The molecule has 0 saturated carbocycles. The average Bonchev–Trinajstić information content (AvgIpc) is 3.69. The number of fused-ring (bicyclic) bond motifs is 5. The summed E-state index contributed by atoms with van der Waals surface area (Å²) in [6.07, 6.45) is 1.17. The molecule has 0 N–H and O–H groups in total. The fourth-order valence-corrected chi connectivity index (χ4v) is 11.5. The predicted octanol–water partition coefficient (Wildman–Crippen LogP) is 11.8. The van der Waals surface area contributed by atoms with Crippen molar-refractivity contribution in [1.29, 1.82) is 0 Å². The van der Waals surface area contributed by atoms with Gasteiger partial charge in [0.05, 0.1) is 5.69 Å². The summed E-state index contributed by atoms with van der Waals surface area (Å²) in [7, 11) is 0. The highest BCUT2D eigenvalue weighted by Gasteiger charge is 2.50. The maximum Gasteiger partial charge on any atom is 0.260 e. The van der Waals surface area contributed by atoms with Gasteiger partial charge in [-0.15, -0.1) is 11.3 Å². The van der Waals surface area contributed by atoms with Gasteiger partial charge < -0.3 is 9.80 Å². The zero-order valence-corrected chi connectivity index (χ0v) is 32.8. The number of anilines is 6. The second-order valence-electron chi connectivity index (χ2n) is 17.3. The molecule has 0 fully saturated rings. The summed E-state index contributed by atoms with van der Waals surface area (Å²) >= 11 is 1.97. The van der Waals surface area contributed by atoms with Crippen molar-refractivity contribution in [3.63, 3.8) is 0 Å². The Morgan fingerprint density at radius 3 is 1.74 bits per heavy atom. The molecule has 1 aliphatic carbocycles. The summed E-state index contributed by atoms with van der Waals surface area (Å²) in [5, 5.41) is 0. The third kappa shape index (κ3) is 4.92. The summed E-state index contributed by atoms with van der Waals surface area (Å²) in [5.74, 6) is 0. The van der Waals surface area contributed by atoms with E-state index in [2.05, 4.69) is 203 Å². The molecule has 1 aromatic heterocycles. The lowest BCUT2D eigenvalue weighted by Crippen LogP contribution is -2.63. The predicted molar refractivity (Wildman–Crippen MR) is 233 cm³/mol. The first-order valence-electron chi connectivity index (χ1n) is 19.4. The molecule has 0 unspecified atom stereocenters. The van der Waals surface area contributed by atoms with Crippen molar-refractivity contribution in [2.24, 2.45) is 0 Å². The molecule has 0 saturated heterocycles.